The molecule has 11 nitrogen and oxygen atoms in total. The average molecular weight is 609 g/mol. The Morgan fingerprint density at radius 3 is 2.40 bits per heavy atom. The fraction of sp³-hybridized carbons (Fsp3) is 0.267. The lowest BCUT2D eigenvalue weighted by molar-refractivity contribution is -0.131. The first kappa shape index (κ1) is 28.4. The van der Waals surface area contributed by atoms with Crippen molar-refractivity contribution >= 4 is 45.7 Å². The Morgan fingerprint density at radius 1 is 0.953 bits per heavy atom. The molecule has 13 heteroatoms. The molecule has 43 heavy (non-hydrogen) atoms. The molecule has 0 saturated heterocycles. The van der Waals surface area contributed by atoms with Gasteiger partial charge in [-0.15, -0.1) is 0 Å². The van der Waals surface area contributed by atoms with Crippen molar-refractivity contribution in [3.05, 3.63) is 65.7 Å². The number of benzene rings is 3. The number of hydrogen-bond donors (Lipinski definition) is 2. The number of nitrogens with zero attached hydrogens (tertiary/aromatic N) is 2. The summed E-state index contributed by atoms with van der Waals surface area (Å²) in [5.41, 5.74) is -0.163. The quantitative estimate of drug-likeness (QED) is 0.180. The molecule has 1 aliphatic heterocycles. The van der Waals surface area contributed by atoms with Crippen molar-refractivity contribution in [2.24, 2.45) is 5.41 Å². The number of halogens is 2. The zero-order valence-corrected chi connectivity index (χ0v) is 23.7. The van der Waals surface area contributed by atoms with Crippen molar-refractivity contribution in [3.8, 4) is 28.9 Å². The fourth-order valence-electron chi connectivity index (χ4n) is 4.62. The van der Waals surface area contributed by atoms with E-state index in [1.807, 2.05) is 0 Å². The van der Waals surface area contributed by atoms with Crippen LogP contribution in [0.2, 0.25) is 5.02 Å². The standard InChI is InChI=1S/C30H26ClFN4O7/c1-39-9-10-40-23-15-21-24(26-25(23)41-11-12-42-26)27(34-16-33-21)43-22-6-5-19(14-20(22)32)36-29(38)30(7-8-30)28(37)35-18-4-2-3-17(31)13-18/h2-6,13-16H,7-12H2,1H3,(H,35,37)(H,36,38). The first-order valence-corrected chi connectivity index (χ1v) is 13.8. The largest absolute Gasteiger partial charge is 0.487 e. The van der Waals surface area contributed by atoms with Gasteiger partial charge in [-0.25, -0.2) is 14.4 Å². The molecule has 0 radical (unpaired) electrons. The monoisotopic (exact) mass is 608 g/mol. The molecule has 1 saturated carbocycles. The lowest BCUT2D eigenvalue weighted by Crippen LogP contribution is -2.35. The van der Waals surface area contributed by atoms with E-state index >= 15 is 4.39 Å². The van der Waals surface area contributed by atoms with Crippen LogP contribution in [-0.4, -0.2) is 55.3 Å². The van der Waals surface area contributed by atoms with Crippen LogP contribution in [0.1, 0.15) is 12.8 Å². The molecule has 3 aromatic carbocycles. The summed E-state index contributed by atoms with van der Waals surface area (Å²) in [6, 6.07) is 12.2. The minimum Gasteiger partial charge on any atom is -0.487 e. The molecule has 4 aromatic rings. The maximum absolute atomic E-state index is 15.3. The van der Waals surface area contributed by atoms with Crippen molar-refractivity contribution in [2.45, 2.75) is 12.8 Å². The van der Waals surface area contributed by atoms with Crippen LogP contribution in [-0.2, 0) is 14.3 Å². The van der Waals surface area contributed by atoms with Crippen molar-refractivity contribution in [2.75, 3.05) is 44.2 Å². The number of anilines is 2. The molecule has 1 aliphatic carbocycles. The van der Waals surface area contributed by atoms with Gasteiger partial charge in [-0.1, -0.05) is 17.7 Å². The van der Waals surface area contributed by atoms with E-state index in [1.165, 1.54) is 18.5 Å². The predicted octanol–water partition coefficient (Wildman–Crippen LogP) is 5.37. The second kappa shape index (κ2) is 11.9. The summed E-state index contributed by atoms with van der Waals surface area (Å²) in [5.74, 6) is -0.750. The van der Waals surface area contributed by atoms with E-state index in [0.29, 0.717) is 64.9 Å². The van der Waals surface area contributed by atoms with Crippen LogP contribution >= 0.6 is 11.6 Å². The van der Waals surface area contributed by atoms with E-state index in [-0.39, 0.29) is 30.5 Å². The van der Waals surface area contributed by atoms with Gasteiger partial charge in [0.1, 0.15) is 36.9 Å². The number of hydrogen-bond acceptors (Lipinski definition) is 9. The van der Waals surface area contributed by atoms with Gasteiger partial charge in [0.25, 0.3) is 0 Å². The highest BCUT2D eigenvalue weighted by Crippen LogP contribution is 2.49. The third-order valence-electron chi connectivity index (χ3n) is 6.99. The number of carbonyl (C=O) groups excluding carboxylic acids is 2. The van der Waals surface area contributed by atoms with Crippen LogP contribution in [0.4, 0.5) is 15.8 Å². The Kier molecular flexibility index (Phi) is 7.87. The number of aromatic nitrogens is 2. The maximum atomic E-state index is 15.3. The summed E-state index contributed by atoms with van der Waals surface area (Å²) in [5, 5.41) is 6.21. The summed E-state index contributed by atoms with van der Waals surface area (Å²) in [6.07, 6.45) is 2.01. The summed E-state index contributed by atoms with van der Waals surface area (Å²) in [4.78, 5) is 34.5. The van der Waals surface area contributed by atoms with E-state index < -0.39 is 23.0 Å². The lowest BCUT2D eigenvalue weighted by Gasteiger charge is -2.23. The summed E-state index contributed by atoms with van der Waals surface area (Å²) < 4.78 is 43.7. The number of methoxy groups -OCH3 is 1. The molecule has 0 bridgehead atoms. The van der Waals surface area contributed by atoms with Gasteiger partial charge in [-0.05, 0) is 43.2 Å². The number of carbonyl (C=O) groups is 2. The average Bonchev–Trinajstić information content (AvgIpc) is 3.81. The van der Waals surface area contributed by atoms with Gasteiger partial charge in [-0.2, -0.15) is 0 Å². The van der Waals surface area contributed by atoms with Gasteiger partial charge >= 0.3 is 0 Å². The van der Waals surface area contributed by atoms with E-state index in [9.17, 15) is 9.59 Å². The highest BCUT2D eigenvalue weighted by atomic mass is 35.5. The van der Waals surface area contributed by atoms with Gasteiger partial charge < -0.3 is 34.3 Å². The minimum absolute atomic E-state index is 0.0421. The number of rotatable bonds is 10. The van der Waals surface area contributed by atoms with E-state index in [0.717, 1.165) is 6.07 Å². The molecule has 222 valence electrons. The Balaban J connectivity index is 1.20. The molecule has 1 fully saturated rings. The topological polar surface area (TPSA) is 130 Å². The molecule has 2 amide bonds. The van der Waals surface area contributed by atoms with E-state index in [1.54, 1.807) is 37.4 Å². The number of amides is 2. The van der Waals surface area contributed by atoms with Crippen molar-refractivity contribution in [1.82, 2.24) is 9.97 Å². The molecule has 2 aliphatic rings. The molecule has 2 heterocycles. The third kappa shape index (κ3) is 5.84. The van der Waals surface area contributed by atoms with Gasteiger partial charge in [0, 0.05) is 35.6 Å². The number of ether oxygens (including phenoxy) is 5. The summed E-state index contributed by atoms with van der Waals surface area (Å²) in [6.45, 7) is 1.25. The van der Waals surface area contributed by atoms with E-state index in [4.69, 9.17) is 35.3 Å². The molecule has 6 rings (SSSR count). The van der Waals surface area contributed by atoms with Crippen LogP contribution in [0.15, 0.2) is 54.9 Å². The van der Waals surface area contributed by atoms with Crippen LogP contribution in [0.3, 0.4) is 0 Å². The molecular weight excluding hydrogens is 583 g/mol. The smallest absolute Gasteiger partial charge is 0.240 e. The third-order valence-corrected chi connectivity index (χ3v) is 7.22. The number of fused-ring (bicyclic) bond motifs is 3. The highest BCUT2D eigenvalue weighted by Gasteiger charge is 2.56. The predicted molar refractivity (Wildman–Crippen MR) is 155 cm³/mol. The second-order valence-electron chi connectivity index (χ2n) is 9.89. The van der Waals surface area contributed by atoms with Crippen LogP contribution in [0, 0.1) is 11.2 Å². The van der Waals surface area contributed by atoms with Gasteiger partial charge in [0.05, 0.1) is 12.1 Å². The van der Waals surface area contributed by atoms with Crippen LogP contribution in [0.5, 0.6) is 28.9 Å². The lowest BCUT2D eigenvalue weighted by atomic mass is 10.0. The highest BCUT2D eigenvalue weighted by molar-refractivity contribution is 6.31. The Labute approximate surface area is 250 Å². The Bertz CT molecular complexity index is 1720. The van der Waals surface area contributed by atoms with E-state index in [2.05, 4.69) is 20.6 Å². The summed E-state index contributed by atoms with van der Waals surface area (Å²) in [7, 11) is 1.57. The first-order chi connectivity index (χ1) is 20.9. The molecule has 0 unspecified atom stereocenters. The zero-order valence-electron chi connectivity index (χ0n) is 22.9. The summed E-state index contributed by atoms with van der Waals surface area (Å²) >= 11 is 5.99. The molecular formula is C30H26ClFN4O7. The van der Waals surface area contributed by atoms with Crippen LogP contribution in [0.25, 0.3) is 10.9 Å². The maximum Gasteiger partial charge on any atom is 0.240 e. The normalized spacial score (nSPS) is 14.6. The van der Waals surface area contributed by atoms with Crippen molar-refractivity contribution < 1.29 is 37.7 Å². The first-order valence-electron chi connectivity index (χ1n) is 13.4. The SMILES string of the molecule is COCCOc1cc2ncnc(Oc3ccc(NC(=O)C4(C(=O)Nc5cccc(Cl)c5)CC4)cc3F)c2c2c1OCCO2. The Hall–Kier alpha value is -4.68. The number of nitrogens with one attached hydrogen (secondary N) is 2. The zero-order chi connectivity index (χ0) is 30.0. The fourth-order valence-corrected chi connectivity index (χ4v) is 4.81. The van der Waals surface area contributed by atoms with Crippen LogP contribution < -0.4 is 29.6 Å². The van der Waals surface area contributed by atoms with Gasteiger partial charge in [-0.3, -0.25) is 9.59 Å². The Morgan fingerprint density at radius 2 is 1.70 bits per heavy atom. The molecule has 0 spiro atoms. The van der Waals surface area contributed by atoms with Gasteiger partial charge in [0.2, 0.25) is 23.4 Å². The second-order valence-corrected chi connectivity index (χ2v) is 10.3. The van der Waals surface area contributed by atoms with Crippen molar-refractivity contribution in [3.63, 3.8) is 0 Å². The molecule has 2 N–H and O–H groups in total. The van der Waals surface area contributed by atoms with Crippen molar-refractivity contribution in [1.29, 1.82) is 0 Å². The molecule has 0 atom stereocenters. The minimum atomic E-state index is -1.25. The molecule has 1 aromatic heterocycles. The van der Waals surface area contributed by atoms with Gasteiger partial charge in [0.15, 0.2) is 23.1 Å².